The maximum absolute atomic E-state index is 12.2. The normalized spacial score (nSPS) is 16.2. The number of nitrogens with zero attached hydrogens (tertiary/aromatic N) is 4. The van der Waals surface area contributed by atoms with E-state index in [4.69, 9.17) is 0 Å². The molecule has 1 aromatic carbocycles. The average molecular weight is 336 g/mol. The summed E-state index contributed by atoms with van der Waals surface area (Å²) >= 11 is 0. The first-order valence-electron chi connectivity index (χ1n) is 8.71. The Labute approximate surface area is 148 Å². The summed E-state index contributed by atoms with van der Waals surface area (Å²) in [5.74, 6) is 1.05. The molecule has 1 aliphatic rings. The topological polar surface area (TPSA) is 49.3 Å². The Balaban J connectivity index is 1.66. The van der Waals surface area contributed by atoms with Crippen LogP contribution in [0.1, 0.15) is 19.8 Å². The minimum atomic E-state index is 0.0593. The molecule has 0 unspecified atom stereocenters. The summed E-state index contributed by atoms with van der Waals surface area (Å²) in [7, 11) is 1.89. The number of rotatable bonds is 4. The van der Waals surface area contributed by atoms with Gasteiger partial charge in [-0.05, 0) is 31.9 Å². The predicted octanol–water partition coefficient (Wildman–Crippen LogP) is 3.19. The number of para-hydroxylation sites is 1. The van der Waals surface area contributed by atoms with Crippen molar-refractivity contribution in [2.24, 2.45) is 0 Å². The van der Waals surface area contributed by atoms with Crippen LogP contribution >= 0.6 is 0 Å². The van der Waals surface area contributed by atoms with E-state index in [9.17, 15) is 4.79 Å². The number of allylic oxidation sites excluding steroid dienone is 3. The Morgan fingerprint density at radius 1 is 1.20 bits per heavy atom. The smallest absolute Gasteiger partial charge is 0.246 e. The number of piperidine rings is 1. The number of carbonyl (C=O) groups excluding carboxylic acids is 1. The van der Waals surface area contributed by atoms with Crippen LogP contribution in [0.4, 0.5) is 5.82 Å². The first-order valence-corrected chi connectivity index (χ1v) is 8.71. The van der Waals surface area contributed by atoms with Gasteiger partial charge in [0.2, 0.25) is 5.91 Å². The van der Waals surface area contributed by atoms with Gasteiger partial charge in [0.25, 0.3) is 0 Å². The fraction of sp³-hybridized carbons (Fsp3) is 0.350. The average Bonchev–Trinajstić information content (AvgIpc) is 2.67. The summed E-state index contributed by atoms with van der Waals surface area (Å²) in [6, 6.07) is 8.36. The van der Waals surface area contributed by atoms with Crippen molar-refractivity contribution in [1.82, 2.24) is 14.9 Å². The maximum atomic E-state index is 12.2. The molecule has 0 radical (unpaired) electrons. The highest BCUT2D eigenvalue weighted by Gasteiger charge is 2.25. The van der Waals surface area contributed by atoms with Crippen molar-refractivity contribution in [3.63, 3.8) is 0 Å². The number of hydrogen-bond acceptors (Lipinski definition) is 4. The minimum absolute atomic E-state index is 0.0593. The van der Waals surface area contributed by atoms with Crippen LogP contribution in [0.5, 0.6) is 0 Å². The quantitative estimate of drug-likeness (QED) is 0.635. The maximum Gasteiger partial charge on any atom is 0.246 e. The van der Waals surface area contributed by atoms with Crippen LogP contribution in [-0.2, 0) is 4.79 Å². The molecule has 0 N–H and O–H groups in total. The molecule has 0 saturated carbocycles. The molecule has 1 aromatic heterocycles. The van der Waals surface area contributed by atoms with Crippen LogP contribution in [0.15, 0.2) is 54.9 Å². The molecule has 130 valence electrons. The largest absolute Gasteiger partial charge is 0.356 e. The zero-order chi connectivity index (χ0) is 17.6. The van der Waals surface area contributed by atoms with E-state index < -0.39 is 0 Å². The second kappa shape index (κ2) is 7.92. The van der Waals surface area contributed by atoms with Crippen LogP contribution in [0.25, 0.3) is 10.9 Å². The Hall–Kier alpha value is -2.69. The predicted molar refractivity (Wildman–Crippen MR) is 101 cm³/mol. The highest BCUT2D eigenvalue weighted by atomic mass is 16.2. The molecule has 5 nitrogen and oxygen atoms in total. The van der Waals surface area contributed by atoms with Gasteiger partial charge in [-0.15, -0.1) is 0 Å². The fourth-order valence-electron chi connectivity index (χ4n) is 3.25. The van der Waals surface area contributed by atoms with Crippen LogP contribution in [0.3, 0.4) is 0 Å². The summed E-state index contributed by atoms with van der Waals surface area (Å²) in [6.45, 7) is 3.72. The van der Waals surface area contributed by atoms with Gasteiger partial charge in [-0.3, -0.25) is 4.79 Å². The Morgan fingerprint density at radius 3 is 2.72 bits per heavy atom. The van der Waals surface area contributed by atoms with E-state index in [2.05, 4.69) is 20.9 Å². The molecule has 5 heteroatoms. The van der Waals surface area contributed by atoms with E-state index in [1.54, 1.807) is 18.5 Å². The van der Waals surface area contributed by atoms with E-state index >= 15 is 0 Å². The van der Waals surface area contributed by atoms with Gasteiger partial charge >= 0.3 is 0 Å². The van der Waals surface area contributed by atoms with Crippen molar-refractivity contribution >= 4 is 22.6 Å². The Bertz CT molecular complexity index is 786. The first kappa shape index (κ1) is 17.1. The summed E-state index contributed by atoms with van der Waals surface area (Å²) in [5.41, 5.74) is 0.969. The van der Waals surface area contributed by atoms with E-state index in [0.717, 1.165) is 42.7 Å². The third kappa shape index (κ3) is 3.87. The lowest BCUT2D eigenvalue weighted by atomic mass is 10.0. The molecule has 0 spiro atoms. The van der Waals surface area contributed by atoms with Crippen LogP contribution in [-0.4, -0.2) is 47.0 Å². The lowest BCUT2D eigenvalue weighted by molar-refractivity contribution is -0.127. The number of amides is 1. The molecule has 1 fully saturated rings. The Morgan fingerprint density at radius 2 is 1.96 bits per heavy atom. The minimum Gasteiger partial charge on any atom is -0.356 e. The van der Waals surface area contributed by atoms with Crippen LogP contribution < -0.4 is 4.90 Å². The second-order valence-electron chi connectivity index (χ2n) is 6.27. The third-order valence-electron chi connectivity index (χ3n) is 4.72. The summed E-state index contributed by atoms with van der Waals surface area (Å²) < 4.78 is 0. The van der Waals surface area contributed by atoms with Crippen molar-refractivity contribution < 1.29 is 4.79 Å². The molecular formula is C20H24N4O. The van der Waals surface area contributed by atoms with Crippen molar-refractivity contribution in [2.75, 3.05) is 25.0 Å². The highest BCUT2D eigenvalue weighted by molar-refractivity contribution is 5.89. The Kier molecular flexibility index (Phi) is 5.43. The first-order chi connectivity index (χ1) is 12.2. The van der Waals surface area contributed by atoms with Gasteiger partial charge < -0.3 is 9.80 Å². The van der Waals surface area contributed by atoms with Gasteiger partial charge in [0.05, 0.1) is 5.52 Å². The van der Waals surface area contributed by atoms with Crippen molar-refractivity contribution in [3.8, 4) is 0 Å². The number of carbonyl (C=O) groups is 1. The number of aromatic nitrogens is 2. The standard InChI is InChI=1S/C20H24N4O/c1-3-4-5-10-19(25)23(2)16-11-13-24(14-12-16)20-17-8-6-7-9-18(17)21-15-22-20/h3-10,15-16H,11-14H2,1-2H3/b4-3+,10-5-. The number of likely N-dealkylation sites (N-methyl/N-ethyl adjacent to an activating group) is 1. The van der Waals surface area contributed by atoms with E-state index in [1.807, 2.05) is 49.2 Å². The summed E-state index contributed by atoms with van der Waals surface area (Å²) in [6.07, 6.45) is 10.7. The highest BCUT2D eigenvalue weighted by Crippen LogP contribution is 2.26. The summed E-state index contributed by atoms with van der Waals surface area (Å²) in [5, 5.41) is 1.09. The number of anilines is 1. The lowest BCUT2D eigenvalue weighted by Crippen LogP contribution is -2.45. The number of hydrogen-bond donors (Lipinski definition) is 0. The van der Waals surface area contributed by atoms with Gasteiger partial charge in [0.15, 0.2) is 0 Å². The number of benzene rings is 1. The zero-order valence-corrected chi connectivity index (χ0v) is 14.8. The van der Waals surface area contributed by atoms with Gasteiger partial charge in [-0.1, -0.05) is 30.4 Å². The van der Waals surface area contributed by atoms with Gasteiger partial charge in [0.1, 0.15) is 12.1 Å². The van der Waals surface area contributed by atoms with E-state index in [1.165, 1.54) is 0 Å². The SMILES string of the molecule is C/C=C/C=C\C(=O)N(C)C1CCN(c2ncnc3ccccc23)CC1. The molecule has 1 aliphatic heterocycles. The second-order valence-corrected chi connectivity index (χ2v) is 6.27. The molecule has 0 bridgehead atoms. The van der Waals surface area contributed by atoms with E-state index in [-0.39, 0.29) is 11.9 Å². The third-order valence-corrected chi connectivity index (χ3v) is 4.72. The van der Waals surface area contributed by atoms with Crippen molar-refractivity contribution in [2.45, 2.75) is 25.8 Å². The molecule has 2 heterocycles. The van der Waals surface area contributed by atoms with E-state index in [0.29, 0.717) is 0 Å². The molecule has 0 aliphatic carbocycles. The molecule has 1 amide bonds. The van der Waals surface area contributed by atoms with Crippen LogP contribution in [0.2, 0.25) is 0 Å². The summed E-state index contributed by atoms with van der Waals surface area (Å²) in [4.78, 5) is 25.2. The molecule has 2 aromatic rings. The fourth-order valence-corrected chi connectivity index (χ4v) is 3.25. The monoisotopic (exact) mass is 336 g/mol. The molecule has 1 saturated heterocycles. The molecular weight excluding hydrogens is 312 g/mol. The molecule has 0 atom stereocenters. The van der Waals surface area contributed by atoms with Crippen molar-refractivity contribution in [1.29, 1.82) is 0 Å². The van der Waals surface area contributed by atoms with Crippen LogP contribution in [0, 0.1) is 0 Å². The molecule has 25 heavy (non-hydrogen) atoms. The van der Waals surface area contributed by atoms with Crippen molar-refractivity contribution in [3.05, 3.63) is 54.9 Å². The van der Waals surface area contributed by atoms with Gasteiger partial charge in [-0.2, -0.15) is 0 Å². The lowest BCUT2D eigenvalue weighted by Gasteiger charge is -2.37. The van der Waals surface area contributed by atoms with Gasteiger partial charge in [-0.25, -0.2) is 9.97 Å². The van der Waals surface area contributed by atoms with Gasteiger partial charge in [0, 0.05) is 37.6 Å². The molecule has 3 rings (SSSR count). The number of fused-ring (bicyclic) bond motifs is 1. The zero-order valence-electron chi connectivity index (χ0n) is 14.8.